The molecule has 1 atom stereocenters. The molecular formula is C26H21FN8O2. The number of aryl methyl sites for hydroxylation is 1. The number of amides is 1. The van der Waals surface area contributed by atoms with Gasteiger partial charge >= 0.3 is 0 Å². The third-order valence-electron chi connectivity index (χ3n) is 6.28. The van der Waals surface area contributed by atoms with Gasteiger partial charge in [0.1, 0.15) is 29.3 Å². The van der Waals surface area contributed by atoms with Gasteiger partial charge in [-0.1, -0.05) is 0 Å². The minimum absolute atomic E-state index is 0.172. The Labute approximate surface area is 210 Å². The monoisotopic (exact) mass is 496 g/mol. The van der Waals surface area contributed by atoms with Gasteiger partial charge in [-0.2, -0.15) is 5.10 Å². The normalized spacial score (nSPS) is 15.2. The van der Waals surface area contributed by atoms with Crippen LogP contribution in [0.4, 0.5) is 10.2 Å². The topological polar surface area (TPSA) is 116 Å². The summed E-state index contributed by atoms with van der Waals surface area (Å²) in [5, 5.41) is 4.79. The number of anilines is 1. The maximum atomic E-state index is 13.5. The second-order valence-corrected chi connectivity index (χ2v) is 8.55. The van der Waals surface area contributed by atoms with E-state index in [9.17, 15) is 9.18 Å². The summed E-state index contributed by atoms with van der Waals surface area (Å²) in [7, 11) is 1.90. The van der Waals surface area contributed by atoms with Crippen molar-refractivity contribution in [3.05, 3.63) is 96.3 Å². The Kier molecular flexibility index (Phi) is 5.18. The molecule has 10 nitrogen and oxygen atoms in total. The second kappa shape index (κ2) is 8.55. The van der Waals surface area contributed by atoms with E-state index in [1.54, 1.807) is 52.3 Å². The number of carbonyl (C=O) groups is 1. The van der Waals surface area contributed by atoms with Crippen molar-refractivity contribution in [2.75, 3.05) is 4.90 Å². The number of halogens is 1. The maximum Gasteiger partial charge on any atom is 0.268 e. The number of nitrogens with zero attached hydrogens (tertiary/aromatic N) is 7. The molecule has 0 bridgehead atoms. The smallest absolute Gasteiger partial charge is 0.268 e. The quantitative estimate of drug-likeness (QED) is 0.396. The third-order valence-corrected chi connectivity index (χ3v) is 6.28. The summed E-state index contributed by atoms with van der Waals surface area (Å²) in [6.07, 6.45) is 5.69. The van der Waals surface area contributed by atoms with Gasteiger partial charge in [0.25, 0.3) is 5.91 Å². The van der Waals surface area contributed by atoms with Crippen LogP contribution in [0, 0.1) is 12.7 Å². The standard InChI is InChI=1S/C26H21FN8O2/c1-15-30-23(16-3-5-18(27)6-4-16)24(33(15)2)19-7-8-21-31-22(13-34(21)32-19)35-20(25(28)36)14-37-26(35)17-9-11-29-12-10-17/h3-14,26H,1-2H3,(H2,28,36). The van der Waals surface area contributed by atoms with Gasteiger partial charge in [0, 0.05) is 30.6 Å². The third kappa shape index (κ3) is 3.77. The number of imidazole rings is 2. The lowest BCUT2D eigenvalue weighted by molar-refractivity contribution is -0.114. The van der Waals surface area contributed by atoms with Crippen LogP contribution < -0.4 is 10.6 Å². The number of benzene rings is 1. The fourth-order valence-electron chi connectivity index (χ4n) is 4.37. The van der Waals surface area contributed by atoms with Crippen LogP contribution >= 0.6 is 0 Å². The van der Waals surface area contributed by atoms with Gasteiger partial charge in [-0.3, -0.25) is 14.7 Å². The predicted octanol–water partition coefficient (Wildman–Crippen LogP) is 3.50. The van der Waals surface area contributed by atoms with E-state index in [4.69, 9.17) is 20.6 Å². The fourth-order valence-corrected chi connectivity index (χ4v) is 4.37. The molecule has 1 aliphatic rings. The van der Waals surface area contributed by atoms with Crippen molar-refractivity contribution in [2.45, 2.75) is 13.2 Å². The summed E-state index contributed by atoms with van der Waals surface area (Å²) < 4.78 is 22.9. The van der Waals surface area contributed by atoms with E-state index in [-0.39, 0.29) is 11.5 Å². The molecule has 6 rings (SSSR count). The minimum atomic E-state index is -0.642. The van der Waals surface area contributed by atoms with Crippen molar-refractivity contribution in [3.63, 3.8) is 0 Å². The van der Waals surface area contributed by atoms with Crippen LogP contribution in [-0.2, 0) is 16.6 Å². The Morgan fingerprint density at radius 1 is 1.05 bits per heavy atom. The first-order valence-electron chi connectivity index (χ1n) is 11.4. The highest BCUT2D eigenvalue weighted by atomic mass is 19.1. The van der Waals surface area contributed by atoms with Gasteiger partial charge < -0.3 is 15.0 Å². The molecule has 4 aromatic heterocycles. The van der Waals surface area contributed by atoms with Gasteiger partial charge in [-0.15, -0.1) is 0 Å². The highest BCUT2D eigenvalue weighted by Gasteiger charge is 2.35. The van der Waals surface area contributed by atoms with Crippen LogP contribution in [0.15, 0.2) is 79.1 Å². The number of aromatic nitrogens is 6. The van der Waals surface area contributed by atoms with Crippen molar-refractivity contribution >= 4 is 17.4 Å². The van der Waals surface area contributed by atoms with Gasteiger partial charge in [-0.25, -0.2) is 18.9 Å². The van der Waals surface area contributed by atoms with E-state index in [0.29, 0.717) is 22.9 Å². The fraction of sp³-hybridized carbons (Fsp3) is 0.115. The Balaban J connectivity index is 1.44. The molecule has 5 aromatic rings. The van der Waals surface area contributed by atoms with Crippen LogP contribution in [0.3, 0.4) is 0 Å². The summed E-state index contributed by atoms with van der Waals surface area (Å²) in [6, 6.07) is 13.5. The summed E-state index contributed by atoms with van der Waals surface area (Å²) >= 11 is 0. The number of nitrogens with two attached hydrogens (primary N) is 1. The van der Waals surface area contributed by atoms with Gasteiger partial charge in [0.15, 0.2) is 11.5 Å². The van der Waals surface area contributed by atoms with E-state index < -0.39 is 12.1 Å². The minimum Gasteiger partial charge on any atom is -0.471 e. The van der Waals surface area contributed by atoms with Gasteiger partial charge in [-0.05, 0) is 55.5 Å². The Bertz CT molecular complexity index is 1670. The van der Waals surface area contributed by atoms with E-state index in [2.05, 4.69) is 9.97 Å². The average molecular weight is 497 g/mol. The predicted molar refractivity (Wildman–Crippen MR) is 133 cm³/mol. The van der Waals surface area contributed by atoms with E-state index >= 15 is 0 Å². The maximum absolute atomic E-state index is 13.5. The highest BCUT2D eigenvalue weighted by Crippen LogP contribution is 2.37. The number of fused-ring (bicyclic) bond motifs is 1. The summed E-state index contributed by atoms with van der Waals surface area (Å²) in [5.41, 5.74) is 10.0. The van der Waals surface area contributed by atoms with Crippen molar-refractivity contribution in [2.24, 2.45) is 12.8 Å². The number of pyridine rings is 1. The van der Waals surface area contributed by atoms with Crippen LogP contribution in [0.5, 0.6) is 0 Å². The zero-order valence-electron chi connectivity index (χ0n) is 19.9. The number of hydrogen-bond donors (Lipinski definition) is 1. The van der Waals surface area contributed by atoms with E-state index in [0.717, 1.165) is 22.6 Å². The molecule has 1 aliphatic heterocycles. The summed E-state index contributed by atoms with van der Waals surface area (Å²) in [5.74, 6) is 0.266. The molecule has 0 spiro atoms. The molecule has 0 saturated heterocycles. The molecule has 184 valence electrons. The molecule has 0 fully saturated rings. The SMILES string of the molecule is Cc1nc(-c2ccc(F)cc2)c(-c2ccc3nc(N4C(C(N)=O)=COC4c4ccncc4)cn3n2)n1C. The second-order valence-electron chi connectivity index (χ2n) is 8.55. The summed E-state index contributed by atoms with van der Waals surface area (Å²) in [6.45, 7) is 1.90. The number of ether oxygens (including phenoxy) is 1. The highest BCUT2D eigenvalue weighted by molar-refractivity contribution is 5.96. The van der Waals surface area contributed by atoms with Crippen LogP contribution in [0.1, 0.15) is 17.6 Å². The molecular weight excluding hydrogens is 475 g/mol. The molecule has 5 heterocycles. The Morgan fingerprint density at radius 2 is 1.81 bits per heavy atom. The first-order valence-corrected chi connectivity index (χ1v) is 11.4. The molecule has 1 unspecified atom stereocenters. The first kappa shape index (κ1) is 22.4. The number of primary amides is 1. The Hall–Kier alpha value is -5.06. The molecule has 0 radical (unpaired) electrons. The van der Waals surface area contributed by atoms with Crippen LogP contribution in [0.2, 0.25) is 0 Å². The lowest BCUT2D eigenvalue weighted by atomic mass is 10.1. The number of rotatable bonds is 5. The van der Waals surface area contributed by atoms with Crippen molar-refractivity contribution in [1.82, 2.24) is 29.1 Å². The molecule has 37 heavy (non-hydrogen) atoms. The number of hydrogen-bond acceptors (Lipinski definition) is 7. The summed E-state index contributed by atoms with van der Waals surface area (Å²) in [4.78, 5) is 27.2. The molecule has 1 amide bonds. The van der Waals surface area contributed by atoms with E-state index in [1.807, 2.05) is 30.7 Å². The van der Waals surface area contributed by atoms with Crippen molar-refractivity contribution in [1.29, 1.82) is 0 Å². The van der Waals surface area contributed by atoms with Crippen molar-refractivity contribution in [3.8, 4) is 22.6 Å². The molecule has 0 saturated carbocycles. The van der Waals surface area contributed by atoms with Crippen LogP contribution in [-0.4, -0.2) is 35.0 Å². The van der Waals surface area contributed by atoms with Crippen molar-refractivity contribution < 1.29 is 13.9 Å². The first-order chi connectivity index (χ1) is 17.9. The molecule has 0 aliphatic carbocycles. The van der Waals surface area contributed by atoms with E-state index in [1.165, 1.54) is 18.4 Å². The van der Waals surface area contributed by atoms with Gasteiger partial charge in [0.05, 0.1) is 17.6 Å². The molecule has 2 N–H and O–H groups in total. The van der Waals surface area contributed by atoms with Gasteiger partial charge in [0.2, 0.25) is 6.23 Å². The zero-order valence-corrected chi connectivity index (χ0v) is 19.9. The molecule has 11 heteroatoms. The lowest BCUT2D eigenvalue weighted by Gasteiger charge is -2.24. The Morgan fingerprint density at radius 3 is 2.54 bits per heavy atom. The average Bonchev–Trinajstić information content (AvgIpc) is 3.60. The lowest BCUT2D eigenvalue weighted by Crippen LogP contribution is -2.31. The largest absolute Gasteiger partial charge is 0.471 e. The molecule has 1 aromatic carbocycles. The van der Waals surface area contributed by atoms with Crippen LogP contribution in [0.25, 0.3) is 28.3 Å². The number of carbonyl (C=O) groups excluding carboxylic acids is 1. The zero-order chi connectivity index (χ0) is 25.7.